The third-order valence-electron chi connectivity index (χ3n) is 1.74. The van der Waals surface area contributed by atoms with E-state index in [4.69, 9.17) is 0 Å². The van der Waals surface area contributed by atoms with Crippen molar-refractivity contribution in [1.82, 2.24) is 4.98 Å². The molecule has 3 heteroatoms. The minimum atomic E-state index is 0.135. The molecule has 0 fully saturated rings. The third kappa shape index (κ3) is 0.888. The number of nitrogens with one attached hydrogen (secondary N) is 1. The Balaban J connectivity index is 2.60. The molecular weight excluding hydrogens is 140 g/mol. The maximum Gasteiger partial charge on any atom is 0.185 e. The van der Waals surface area contributed by atoms with Crippen LogP contribution in [0.1, 0.15) is 15.9 Å². The molecule has 1 aliphatic heterocycles. The molecule has 1 N–H and O–H groups in total. The van der Waals surface area contributed by atoms with Crippen LogP contribution in [0, 0.1) is 6.92 Å². The standard InChI is InChI=1S/C8H8N2O/c1-5-2-6-7(11)4-10-8(6)9-3-5/h2-3H,4H2,1H3,(H,9,10). The number of nitrogens with zero attached hydrogens (tertiary/aromatic N) is 1. The second-order valence-corrected chi connectivity index (χ2v) is 2.69. The monoisotopic (exact) mass is 148 g/mol. The van der Waals surface area contributed by atoms with E-state index in [1.807, 2.05) is 13.0 Å². The summed E-state index contributed by atoms with van der Waals surface area (Å²) in [6, 6.07) is 1.87. The lowest BCUT2D eigenvalue weighted by atomic mass is 10.2. The van der Waals surface area contributed by atoms with E-state index in [-0.39, 0.29) is 5.78 Å². The highest BCUT2D eigenvalue weighted by molar-refractivity contribution is 6.06. The second-order valence-electron chi connectivity index (χ2n) is 2.69. The molecule has 0 saturated carbocycles. The molecule has 0 aliphatic carbocycles. The summed E-state index contributed by atoms with van der Waals surface area (Å²) in [5.74, 6) is 0.858. The van der Waals surface area contributed by atoms with Crippen LogP contribution in [0.15, 0.2) is 12.3 Å². The highest BCUT2D eigenvalue weighted by Gasteiger charge is 2.19. The van der Waals surface area contributed by atoms with E-state index in [0.29, 0.717) is 6.54 Å². The SMILES string of the molecule is Cc1cnc2c(c1)C(=O)CN2. The zero-order valence-electron chi connectivity index (χ0n) is 6.22. The predicted octanol–water partition coefficient (Wildman–Crippen LogP) is 0.998. The van der Waals surface area contributed by atoms with Crippen LogP contribution in [-0.2, 0) is 0 Å². The van der Waals surface area contributed by atoms with Crippen LogP contribution in [0.2, 0.25) is 0 Å². The van der Waals surface area contributed by atoms with Gasteiger partial charge in [-0.05, 0) is 18.6 Å². The number of aromatic nitrogens is 1. The van der Waals surface area contributed by atoms with E-state index in [1.54, 1.807) is 6.20 Å². The molecule has 0 unspecified atom stereocenters. The van der Waals surface area contributed by atoms with Gasteiger partial charge in [-0.15, -0.1) is 0 Å². The first-order valence-corrected chi connectivity index (χ1v) is 3.51. The number of hydrogen-bond acceptors (Lipinski definition) is 3. The lowest BCUT2D eigenvalue weighted by Gasteiger charge is -1.96. The molecule has 2 rings (SSSR count). The Morgan fingerprint density at radius 2 is 2.45 bits per heavy atom. The van der Waals surface area contributed by atoms with Gasteiger partial charge in [0.1, 0.15) is 5.82 Å². The predicted molar refractivity (Wildman–Crippen MR) is 41.8 cm³/mol. The van der Waals surface area contributed by atoms with Gasteiger partial charge in [-0.25, -0.2) is 4.98 Å². The average Bonchev–Trinajstić information content (AvgIpc) is 2.33. The minimum Gasteiger partial charge on any atom is -0.362 e. The molecule has 0 bridgehead atoms. The molecule has 0 radical (unpaired) electrons. The van der Waals surface area contributed by atoms with Gasteiger partial charge in [0.05, 0.1) is 12.1 Å². The average molecular weight is 148 g/mol. The quantitative estimate of drug-likeness (QED) is 0.596. The van der Waals surface area contributed by atoms with E-state index >= 15 is 0 Å². The largest absolute Gasteiger partial charge is 0.362 e. The van der Waals surface area contributed by atoms with Gasteiger partial charge in [-0.3, -0.25) is 4.79 Å². The first kappa shape index (κ1) is 6.34. The van der Waals surface area contributed by atoms with Crippen molar-refractivity contribution in [3.63, 3.8) is 0 Å². The molecular formula is C8H8N2O. The molecule has 0 aromatic carbocycles. The third-order valence-corrected chi connectivity index (χ3v) is 1.74. The van der Waals surface area contributed by atoms with E-state index in [1.165, 1.54) is 0 Å². The zero-order valence-corrected chi connectivity index (χ0v) is 6.22. The number of hydrogen-bond donors (Lipinski definition) is 1. The molecule has 11 heavy (non-hydrogen) atoms. The summed E-state index contributed by atoms with van der Waals surface area (Å²) in [5.41, 5.74) is 1.76. The molecule has 56 valence electrons. The van der Waals surface area contributed by atoms with Crippen LogP contribution < -0.4 is 5.32 Å². The Labute approximate surface area is 64.5 Å². The van der Waals surface area contributed by atoms with Crippen molar-refractivity contribution in [3.05, 3.63) is 23.4 Å². The first-order valence-electron chi connectivity index (χ1n) is 3.51. The summed E-state index contributed by atoms with van der Waals surface area (Å²) in [6.07, 6.45) is 1.75. The summed E-state index contributed by atoms with van der Waals surface area (Å²) >= 11 is 0. The maximum atomic E-state index is 11.1. The number of pyridine rings is 1. The number of carbonyl (C=O) groups is 1. The lowest BCUT2D eigenvalue weighted by molar-refractivity contribution is 0.101. The number of aryl methyl sites for hydroxylation is 1. The Morgan fingerprint density at radius 3 is 3.27 bits per heavy atom. The first-order chi connectivity index (χ1) is 5.27. The molecule has 0 saturated heterocycles. The molecule has 0 amide bonds. The molecule has 1 aliphatic rings. The van der Waals surface area contributed by atoms with Crippen LogP contribution in [0.4, 0.5) is 5.82 Å². The fraction of sp³-hybridized carbons (Fsp3) is 0.250. The summed E-state index contributed by atoms with van der Waals surface area (Å²) in [4.78, 5) is 15.2. The second kappa shape index (κ2) is 2.05. The lowest BCUT2D eigenvalue weighted by Crippen LogP contribution is -2.00. The zero-order chi connectivity index (χ0) is 7.84. The van der Waals surface area contributed by atoms with Crippen molar-refractivity contribution in [3.8, 4) is 0 Å². The number of rotatable bonds is 0. The van der Waals surface area contributed by atoms with E-state index in [0.717, 1.165) is 16.9 Å². The van der Waals surface area contributed by atoms with Gasteiger partial charge in [-0.1, -0.05) is 0 Å². The van der Waals surface area contributed by atoms with Crippen LogP contribution in [0.5, 0.6) is 0 Å². The van der Waals surface area contributed by atoms with Gasteiger partial charge < -0.3 is 5.32 Å². The molecule has 0 spiro atoms. The Hall–Kier alpha value is -1.38. The van der Waals surface area contributed by atoms with Crippen molar-refractivity contribution in [2.75, 3.05) is 11.9 Å². The summed E-state index contributed by atoms with van der Waals surface area (Å²) in [6.45, 7) is 2.32. The van der Waals surface area contributed by atoms with E-state index in [9.17, 15) is 4.79 Å². The van der Waals surface area contributed by atoms with Crippen molar-refractivity contribution in [1.29, 1.82) is 0 Å². The number of anilines is 1. The van der Waals surface area contributed by atoms with Gasteiger partial charge in [0.25, 0.3) is 0 Å². The van der Waals surface area contributed by atoms with Gasteiger partial charge in [-0.2, -0.15) is 0 Å². The minimum absolute atomic E-state index is 0.135. The van der Waals surface area contributed by atoms with Crippen LogP contribution in [0.3, 0.4) is 0 Å². The van der Waals surface area contributed by atoms with Gasteiger partial charge in [0.15, 0.2) is 5.78 Å². The highest BCUT2D eigenvalue weighted by atomic mass is 16.1. The normalized spacial score (nSPS) is 14.5. The fourth-order valence-electron chi connectivity index (χ4n) is 1.18. The van der Waals surface area contributed by atoms with Crippen molar-refractivity contribution >= 4 is 11.6 Å². The van der Waals surface area contributed by atoms with E-state index in [2.05, 4.69) is 10.3 Å². The van der Waals surface area contributed by atoms with Crippen molar-refractivity contribution < 1.29 is 4.79 Å². The number of fused-ring (bicyclic) bond motifs is 1. The van der Waals surface area contributed by atoms with Crippen molar-refractivity contribution in [2.45, 2.75) is 6.92 Å². The molecule has 2 heterocycles. The summed E-state index contributed by atoms with van der Waals surface area (Å²) < 4.78 is 0. The summed E-state index contributed by atoms with van der Waals surface area (Å²) in [5, 5.41) is 2.92. The molecule has 1 aromatic heterocycles. The fourth-order valence-corrected chi connectivity index (χ4v) is 1.18. The van der Waals surface area contributed by atoms with E-state index < -0.39 is 0 Å². The number of carbonyl (C=O) groups excluding carboxylic acids is 1. The van der Waals surface area contributed by atoms with Gasteiger partial charge in [0, 0.05) is 6.20 Å². The Kier molecular flexibility index (Phi) is 1.18. The number of Topliss-reactive ketones (excluding diaryl/α,β-unsaturated/α-hetero) is 1. The maximum absolute atomic E-state index is 11.1. The summed E-state index contributed by atoms with van der Waals surface area (Å²) in [7, 11) is 0. The van der Waals surface area contributed by atoms with Crippen molar-refractivity contribution in [2.24, 2.45) is 0 Å². The van der Waals surface area contributed by atoms with Gasteiger partial charge in [0.2, 0.25) is 0 Å². The molecule has 1 aromatic rings. The smallest absolute Gasteiger partial charge is 0.185 e. The Bertz CT molecular complexity index is 320. The van der Waals surface area contributed by atoms with Gasteiger partial charge >= 0.3 is 0 Å². The topological polar surface area (TPSA) is 42.0 Å². The highest BCUT2D eigenvalue weighted by Crippen LogP contribution is 2.19. The van der Waals surface area contributed by atoms with Crippen LogP contribution in [0.25, 0.3) is 0 Å². The van der Waals surface area contributed by atoms with Crippen LogP contribution >= 0.6 is 0 Å². The number of ketones is 1. The molecule has 3 nitrogen and oxygen atoms in total. The Morgan fingerprint density at radius 1 is 1.64 bits per heavy atom. The molecule has 0 atom stereocenters. The van der Waals surface area contributed by atoms with Crippen LogP contribution in [-0.4, -0.2) is 17.3 Å².